The Morgan fingerprint density at radius 3 is 2.60 bits per heavy atom. The standard InChI is InChI=1S/C26H31ClF3N3O2/c1-32(25(34)31-21-8-5-7-20(16-21)26(28,29)30)13-10-18-14-22(15-18)35-23-9-4-6-19(24(23)27)17-33-11-2-3-12-33/h4-9,16,18,22H,2-3,10-15,17H2,1H3,(H,31,34). The van der Waals surface area contributed by atoms with Gasteiger partial charge in [0.1, 0.15) is 5.75 Å². The largest absolute Gasteiger partial charge is 0.489 e. The van der Waals surface area contributed by atoms with Crippen LogP contribution in [0.3, 0.4) is 0 Å². The number of amides is 2. The predicted molar refractivity (Wildman–Crippen MR) is 131 cm³/mol. The van der Waals surface area contributed by atoms with Crippen LogP contribution >= 0.6 is 11.6 Å². The van der Waals surface area contributed by atoms with Crippen molar-refractivity contribution >= 4 is 23.3 Å². The lowest BCUT2D eigenvalue weighted by atomic mass is 9.80. The first-order valence-electron chi connectivity index (χ1n) is 12.0. The van der Waals surface area contributed by atoms with Gasteiger partial charge in [0, 0.05) is 25.8 Å². The molecule has 2 aliphatic rings. The number of likely N-dealkylation sites (tertiary alicyclic amines) is 1. The number of hydrogen-bond acceptors (Lipinski definition) is 3. The van der Waals surface area contributed by atoms with Crippen molar-refractivity contribution in [3.8, 4) is 5.75 Å². The summed E-state index contributed by atoms with van der Waals surface area (Å²) in [6.45, 7) is 3.57. The number of alkyl halides is 3. The van der Waals surface area contributed by atoms with Gasteiger partial charge in [0.25, 0.3) is 0 Å². The Balaban J connectivity index is 1.20. The summed E-state index contributed by atoms with van der Waals surface area (Å²) in [6, 6.07) is 10.2. The van der Waals surface area contributed by atoms with E-state index < -0.39 is 17.8 Å². The van der Waals surface area contributed by atoms with E-state index >= 15 is 0 Å². The van der Waals surface area contributed by atoms with E-state index in [1.807, 2.05) is 12.1 Å². The number of anilines is 1. The molecule has 1 heterocycles. The van der Waals surface area contributed by atoms with Gasteiger partial charge in [-0.3, -0.25) is 4.90 Å². The zero-order valence-electron chi connectivity index (χ0n) is 19.8. The number of carbonyl (C=O) groups excluding carboxylic acids is 1. The molecule has 35 heavy (non-hydrogen) atoms. The molecule has 2 aromatic rings. The van der Waals surface area contributed by atoms with Crippen LogP contribution in [0, 0.1) is 5.92 Å². The number of rotatable bonds is 8. The molecule has 2 aromatic carbocycles. The number of benzene rings is 2. The zero-order chi connectivity index (χ0) is 25.0. The number of carbonyl (C=O) groups is 1. The normalized spacial score (nSPS) is 20.4. The van der Waals surface area contributed by atoms with Crippen molar-refractivity contribution < 1.29 is 22.7 Å². The molecule has 0 bridgehead atoms. The SMILES string of the molecule is CN(CCC1CC(Oc2cccc(CN3CCCC3)c2Cl)C1)C(=O)Nc1cccc(C(F)(F)F)c1. The van der Waals surface area contributed by atoms with E-state index in [-0.39, 0.29) is 11.8 Å². The fourth-order valence-corrected chi connectivity index (χ4v) is 4.84. The van der Waals surface area contributed by atoms with Crippen molar-refractivity contribution in [1.29, 1.82) is 0 Å². The lowest BCUT2D eigenvalue weighted by Gasteiger charge is -2.36. The molecule has 1 aliphatic heterocycles. The summed E-state index contributed by atoms with van der Waals surface area (Å²) in [7, 11) is 1.64. The van der Waals surface area contributed by atoms with E-state index in [2.05, 4.69) is 16.3 Å². The van der Waals surface area contributed by atoms with Crippen LogP contribution in [0.2, 0.25) is 5.02 Å². The van der Waals surface area contributed by atoms with Gasteiger partial charge in [-0.25, -0.2) is 4.79 Å². The second kappa shape index (κ2) is 11.1. The van der Waals surface area contributed by atoms with Gasteiger partial charge in [-0.05, 0) is 80.9 Å². The van der Waals surface area contributed by atoms with E-state index in [9.17, 15) is 18.0 Å². The van der Waals surface area contributed by atoms with Gasteiger partial charge in [-0.2, -0.15) is 13.2 Å². The summed E-state index contributed by atoms with van der Waals surface area (Å²) in [4.78, 5) is 16.3. The third-order valence-corrected chi connectivity index (χ3v) is 7.21. The van der Waals surface area contributed by atoms with Crippen LogP contribution in [-0.2, 0) is 12.7 Å². The second-order valence-electron chi connectivity index (χ2n) is 9.51. The maximum absolute atomic E-state index is 12.9. The van der Waals surface area contributed by atoms with Gasteiger partial charge in [0.05, 0.1) is 16.7 Å². The highest BCUT2D eigenvalue weighted by molar-refractivity contribution is 6.32. The molecule has 1 saturated heterocycles. The van der Waals surface area contributed by atoms with E-state index in [1.54, 1.807) is 7.05 Å². The van der Waals surface area contributed by atoms with Crippen molar-refractivity contribution in [2.24, 2.45) is 5.92 Å². The average Bonchev–Trinajstić information content (AvgIpc) is 3.30. The first-order valence-corrected chi connectivity index (χ1v) is 12.4. The minimum atomic E-state index is -4.45. The highest BCUT2D eigenvalue weighted by atomic mass is 35.5. The Morgan fingerprint density at radius 2 is 1.89 bits per heavy atom. The average molecular weight is 510 g/mol. The van der Waals surface area contributed by atoms with E-state index in [4.69, 9.17) is 16.3 Å². The third-order valence-electron chi connectivity index (χ3n) is 6.78. The summed E-state index contributed by atoms with van der Waals surface area (Å²) in [5, 5.41) is 3.23. The van der Waals surface area contributed by atoms with Crippen molar-refractivity contribution in [3.05, 3.63) is 58.6 Å². The van der Waals surface area contributed by atoms with Gasteiger partial charge in [0.2, 0.25) is 0 Å². The van der Waals surface area contributed by atoms with Gasteiger partial charge in [-0.15, -0.1) is 0 Å². The number of hydrogen-bond donors (Lipinski definition) is 1. The Kier molecular flexibility index (Phi) is 8.12. The summed E-state index contributed by atoms with van der Waals surface area (Å²) < 4.78 is 44.8. The maximum atomic E-state index is 12.9. The first-order chi connectivity index (χ1) is 16.7. The summed E-state index contributed by atoms with van der Waals surface area (Å²) in [5.74, 6) is 1.15. The topological polar surface area (TPSA) is 44.8 Å². The van der Waals surface area contributed by atoms with Crippen molar-refractivity contribution in [2.75, 3.05) is 32.0 Å². The van der Waals surface area contributed by atoms with Gasteiger partial charge in [0.15, 0.2) is 0 Å². The first kappa shape index (κ1) is 25.6. The Labute approximate surface area is 209 Å². The molecule has 1 aliphatic carbocycles. The fourth-order valence-electron chi connectivity index (χ4n) is 4.61. The van der Waals surface area contributed by atoms with Gasteiger partial charge >= 0.3 is 12.2 Å². The quantitative estimate of drug-likeness (QED) is 0.432. The van der Waals surface area contributed by atoms with Crippen molar-refractivity contribution in [3.63, 3.8) is 0 Å². The Hall–Kier alpha value is -2.45. The fraction of sp³-hybridized carbons (Fsp3) is 0.500. The second-order valence-corrected chi connectivity index (χ2v) is 9.89. The molecule has 1 saturated carbocycles. The smallest absolute Gasteiger partial charge is 0.416 e. The van der Waals surface area contributed by atoms with Crippen LogP contribution < -0.4 is 10.1 Å². The number of halogens is 4. The van der Waals surface area contributed by atoms with Gasteiger partial charge in [-0.1, -0.05) is 29.8 Å². The molecular weight excluding hydrogens is 479 g/mol. The maximum Gasteiger partial charge on any atom is 0.416 e. The molecule has 4 rings (SSSR count). The van der Waals surface area contributed by atoms with Crippen molar-refractivity contribution in [2.45, 2.75) is 50.9 Å². The number of nitrogens with zero attached hydrogens (tertiary/aromatic N) is 2. The molecule has 0 spiro atoms. The number of ether oxygens (including phenoxy) is 1. The van der Waals surface area contributed by atoms with Gasteiger partial charge < -0.3 is 15.0 Å². The van der Waals surface area contributed by atoms with Crippen LogP contribution in [0.5, 0.6) is 5.75 Å². The lowest BCUT2D eigenvalue weighted by molar-refractivity contribution is -0.137. The molecule has 9 heteroatoms. The highest BCUT2D eigenvalue weighted by Crippen LogP contribution is 2.37. The molecule has 0 unspecified atom stereocenters. The molecule has 0 radical (unpaired) electrons. The molecule has 2 fully saturated rings. The van der Waals surface area contributed by atoms with Crippen LogP contribution in [-0.4, -0.2) is 48.6 Å². The molecule has 190 valence electrons. The summed E-state index contributed by atoms with van der Waals surface area (Å²) >= 11 is 6.62. The summed E-state index contributed by atoms with van der Waals surface area (Å²) in [6.07, 6.45) is 0.692. The lowest BCUT2D eigenvalue weighted by Crippen LogP contribution is -2.38. The molecule has 2 amide bonds. The minimum Gasteiger partial charge on any atom is -0.489 e. The predicted octanol–water partition coefficient (Wildman–Crippen LogP) is 6.67. The van der Waals surface area contributed by atoms with E-state index in [0.717, 1.165) is 62.3 Å². The minimum absolute atomic E-state index is 0.101. The molecule has 5 nitrogen and oxygen atoms in total. The van der Waals surface area contributed by atoms with Crippen molar-refractivity contribution in [1.82, 2.24) is 9.80 Å². The monoisotopic (exact) mass is 509 g/mol. The van der Waals surface area contributed by atoms with Crippen LogP contribution in [0.15, 0.2) is 42.5 Å². The molecular formula is C26H31ClF3N3O2. The highest BCUT2D eigenvalue weighted by Gasteiger charge is 2.32. The van der Waals surface area contributed by atoms with Crippen LogP contribution in [0.25, 0.3) is 0 Å². The number of urea groups is 1. The Bertz CT molecular complexity index is 1020. The van der Waals surface area contributed by atoms with E-state index in [1.165, 1.54) is 29.9 Å². The zero-order valence-corrected chi connectivity index (χ0v) is 20.5. The molecule has 0 aromatic heterocycles. The third kappa shape index (κ3) is 6.82. The molecule has 1 N–H and O–H groups in total. The van der Waals surface area contributed by atoms with Crippen LogP contribution in [0.1, 0.15) is 43.2 Å². The number of nitrogens with one attached hydrogen (secondary N) is 1. The summed E-state index contributed by atoms with van der Waals surface area (Å²) in [5.41, 5.74) is 0.424. The Morgan fingerprint density at radius 1 is 1.17 bits per heavy atom. The van der Waals surface area contributed by atoms with Crippen LogP contribution in [0.4, 0.5) is 23.7 Å². The van der Waals surface area contributed by atoms with E-state index in [0.29, 0.717) is 17.5 Å². The molecule has 0 atom stereocenters.